The van der Waals surface area contributed by atoms with Gasteiger partial charge in [0.2, 0.25) is 0 Å². The Morgan fingerprint density at radius 1 is 1.33 bits per heavy atom. The largest absolute Gasteiger partial charge is 0.381 e. The molecule has 1 aliphatic carbocycles. The van der Waals surface area contributed by atoms with Gasteiger partial charge in [-0.2, -0.15) is 0 Å². The van der Waals surface area contributed by atoms with Gasteiger partial charge < -0.3 is 15.4 Å². The number of nitrogens with zero attached hydrogens (tertiary/aromatic N) is 1. The maximum absolute atomic E-state index is 13.1. The van der Waals surface area contributed by atoms with Crippen molar-refractivity contribution >= 4 is 5.96 Å². The highest BCUT2D eigenvalue weighted by molar-refractivity contribution is 5.79. The Morgan fingerprint density at radius 2 is 2.17 bits per heavy atom. The summed E-state index contributed by atoms with van der Waals surface area (Å²) in [4.78, 5) is 4.57. The van der Waals surface area contributed by atoms with Gasteiger partial charge in [0.15, 0.2) is 5.96 Å². The molecule has 0 unspecified atom stereocenters. The maximum atomic E-state index is 13.1. The molecule has 0 aliphatic heterocycles. The van der Waals surface area contributed by atoms with Crippen molar-refractivity contribution in [2.75, 3.05) is 32.8 Å². The van der Waals surface area contributed by atoms with Gasteiger partial charge in [0, 0.05) is 32.8 Å². The Balaban J connectivity index is 1.66. The molecule has 1 saturated carbocycles. The summed E-state index contributed by atoms with van der Waals surface area (Å²) < 4.78 is 18.7. The lowest BCUT2D eigenvalue weighted by Crippen LogP contribution is -2.38. The molecule has 0 spiro atoms. The van der Waals surface area contributed by atoms with E-state index < -0.39 is 0 Å². The number of hydrogen-bond donors (Lipinski definition) is 2. The number of halogens is 1. The lowest BCUT2D eigenvalue weighted by molar-refractivity contribution is 0.123. The van der Waals surface area contributed by atoms with Crippen LogP contribution in [-0.4, -0.2) is 38.8 Å². The first-order chi connectivity index (χ1) is 11.7. The van der Waals surface area contributed by atoms with Crippen LogP contribution < -0.4 is 10.6 Å². The molecule has 4 nitrogen and oxygen atoms in total. The third kappa shape index (κ3) is 7.30. The van der Waals surface area contributed by atoms with Crippen molar-refractivity contribution in [1.29, 1.82) is 0 Å². The number of rotatable bonds is 10. The second-order valence-corrected chi connectivity index (χ2v) is 6.38. The molecule has 1 aliphatic rings. The zero-order valence-corrected chi connectivity index (χ0v) is 14.9. The van der Waals surface area contributed by atoms with Gasteiger partial charge in [-0.15, -0.1) is 0 Å². The third-order valence-electron chi connectivity index (χ3n) is 4.10. The molecule has 0 atom stereocenters. The van der Waals surface area contributed by atoms with Gasteiger partial charge in [-0.1, -0.05) is 6.07 Å². The highest BCUT2D eigenvalue weighted by atomic mass is 19.1. The van der Waals surface area contributed by atoms with Crippen molar-refractivity contribution in [3.8, 4) is 0 Å². The normalized spacial score (nSPS) is 14.7. The highest BCUT2D eigenvalue weighted by Crippen LogP contribution is 2.28. The van der Waals surface area contributed by atoms with Crippen LogP contribution in [0.4, 0.5) is 4.39 Å². The quantitative estimate of drug-likeness (QED) is 0.392. The second-order valence-electron chi connectivity index (χ2n) is 6.38. The number of ether oxygens (including phenoxy) is 1. The summed E-state index contributed by atoms with van der Waals surface area (Å²) in [6.07, 6.45) is 4.46. The lowest BCUT2D eigenvalue weighted by atomic mass is 10.1. The van der Waals surface area contributed by atoms with Gasteiger partial charge in [-0.25, -0.2) is 4.39 Å². The van der Waals surface area contributed by atoms with Crippen LogP contribution in [0.15, 0.2) is 23.2 Å². The van der Waals surface area contributed by atoms with E-state index >= 15 is 0 Å². The molecular formula is C19H30FN3O. The van der Waals surface area contributed by atoms with E-state index in [0.29, 0.717) is 0 Å². The monoisotopic (exact) mass is 335 g/mol. The van der Waals surface area contributed by atoms with E-state index in [-0.39, 0.29) is 5.82 Å². The topological polar surface area (TPSA) is 45.7 Å². The fourth-order valence-corrected chi connectivity index (χ4v) is 2.49. The summed E-state index contributed by atoms with van der Waals surface area (Å²) in [5.74, 6) is 1.48. The average Bonchev–Trinajstić information content (AvgIpc) is 3.37. The van der Waals surface area contributed by atoms with Crippen LogP contribution in [0.5, 0.6) is 0 Å². The SMILES string of the molecule is CCNC(=NCCCOCC1CC1)NCCc1ccc(F)cc1C. The van der Waals surface area contributed by atoms with Crippen LogP contribution in [-0.2, 0) is 11.2 Å². The highest BCUT2D eigenvalue weighted by Gasteiger charge is 2.20. The van der Waals surface area contributed by atoms with E-state index in [0.717, 1.165) is 68.7 Å². The van der Waals surface area contributed by atoms with Gasteiger partial charge in [-0.05, 0) is 68.7 Å². The Bertz CT molecular complexity index is 529. The molecule has 0 saturated heterocycles. The third-order valence-corrected chi connectivity index (χ3v) is 4.10. The van der Waals surface area contributed by atoms with Gasteiger partial charge in [0.25, 0.3) is 0 Å². The van der Waals surface area contributed by atoms with Crippen molar-refractivity contribution in [3.05, 3.63) is 35.1 Å². The van der Waals surface area contributed by atoms with Crippen molar-refractivity contribution < 1.29 is 9.13 Å². The van der Waals surface area contributed by atoms with Crippen molar-refractivity contribution in [2.24, 2.45) is 10.9 Å². The fraction of sp³-hybridized carbons (Fsp3) is 0.632. The van der Waals surface area contributed by atoms with E-state index in [2.05, 4.69) is 22.5 Å². The smallest absolute Gasteiger partial charge is 0.191 e. The molecule has 24 heavy (non-hydrogen) atoms. The molecule has 0 bridgehead atoms. The molecule has 5 heteroatoms. The number of benzene rings is 1. The zero-order valence-electron chi connectivity index (χ0n) is 14.9. The minimum Gasteiger partial charge on any atom is -0.381 e. The van der Waals surface area contributed by atoms with Crippen LogP contribution in [0.2, 0.25) is 0 Å². The van der Waals surface area contributed by atoms with Gasteiger partial charge in [0.05, 0.1) is 0 Å². The summed E-state index contributed by atoms with van der Waals surface area (Å²) in [6.45, 7) is 8.07. The lowest BCUT2D eigenvalue weighted by Gasteiger charge is -2.12. The van der Waals surface area contributed by atoms with Crippen molar-refractivity contribution in [1.82, 2.24) is 10.6 Å². The van der Waals surface area contributed by atoms with Crippen LogP contribution in [0, 0.1) is 18.7 Å². The fourth-order valence-electron chi connectivity index (χ4n) is 2.49. The first-order valence-electron chi connectivity index (χ1n) is 9.04. The van der Waals surface area contributed by atoms with E-state index in [4.69, 9.17) is 4.74 Å². The molecule has 1 aromatic rings. The Hall–Kier alpha value is -1.62. The predicted octanol–water partition coefficient (Wildman–Crippen LogP) is 3.05. The molecule has 0 amide bonds. The summed E-state index contributed by atoms with van der Waals surface area (Å²) >= 11 is 0. The molecular weight excluding hydrogens is 305 g/mol. The number of aryl methyl sites for hydroxylation is 1. The number of guanidine groups is 1. The molecule has 1 fully saturated rings. The van der Waals surface area contributed by atoms with Gasteiger partial charge in [0.1, 0.15) is 5.82 Å². The van der Waals surface area contributed by atoms with Crippen LogP contribution in [0.25, 0.3) is 0 Å². The van der Waals surface area contributed by atoms with Crippen LogP contribution in [0.1, 0.15) is 37.3 Å². The summed E-state index contributed by atoms with van der Waals surface area (Å²) in [5.41, 5.74) is 2.15. The average molecular weight is 335 g/mol. The Kier molecular flexibility index (Phi) is 8.02. The van der Waals surface area contributed by atoms with Gasteiger partial charge in [-0.3, -0.25) is 4.99 Å². The molecule has 1 aromatic carbocycles. The standard InChI is InChI=1S/C19H30FN3O/c1-3-21-19(22-10-4-12-24-14-16-5-6-16)23-11-9-17-7-8-18(20)13-15(17)2/h7-8,13,16H,3-6,9-12,14H2,1-2H3,(H2,21,22,23). The first-order valence-corrected chi connectivity index (χ1v) is 9.04. The number of aliphatic imine (C=N–C) groups is 1. The molecule has 0 aromatic heterocycles. The minimum absolute atomic E-state index is 0.178. The summed E-state index contributed by atoms with van der Waals surface area (Å²) in [7, 11) is 0. The van der Waals surface area contributed by atoms with Gasteiger partial charge >= 0.3 is 0 Å². The van der Waals surface area contributed by atoms with Crippen molar-refractivity contribution in [3.63, 3.8) is 0 Å². The van der Waals surface area contributed by atoms with Crippen LogP contribution in [0.3, 0.4) is 0 Å². The molecule has 0 radical (unpaired) electrons. The zero-order chi connectivity index (χ0) is 17.2. The second kappa shape index (κ2) is 10.3. The van der Waals surface area contributed by atoms with E-state index in [1.54, 1.807) is 6.07 Å². The molecule has 134 valence electrons. The Morgan fingerprint density at radius 3 is 2.88 bits per heavy atom. The van der Waals surface area contributed by atoms with E-state index in [9.17, 15) is 4.39 Å². The summed E-state index contributed by atoms with van der Waals surface area (Å²) in [6, 6.07) is 4.95. The van der Waals surface area contributed by atoms with E-state index in [1.165, 1.54) is 18.9 Å². The van der Waals surface area contributed by atoms with E-state index in [1.807, 2.05) is 13.0 Å². The molecule has 0 heterocycles. The maximum Gasteiger partial charge on any atom is 0.191 e. The number of hydrogen-bond acceptors (Lipinski definition) is 2. The predicted molar refractivity (Wildman–Crippen MR) is 97.0 cm³/mol. The number of nitrogens with one attached hydrogen (secondary N) is 2. The van der Waals surface area contributed by atoms with Crippen LogP contribution >= 0.6 is 0 Å². The summed E-state index contributed by atoms with van der Waals surface area (Å²) in [5, 5.41) is 6.58. The Labute approximate surface area is 144 Å². The minimum atomic E-state index is -0.178. The molecule has 2 N–H and O–H groups in total. The molecule has 2 rings (SSSR count). The van der Waals surface area contributed by atoms with Crippen molar-refractivity contribution in [2.45, 2.75) is 39.5 Å². The first kappa shape index (κ1) is 18.7.